The summed E-state index contributed by atoms with van der Waals surface area (Å²) in [6.45, 7) is 7.71. The van der Waals surface area contributed by atoms with E-state index in [1.54, 1.807) is 0 Å². The van der Waals surface area contributed by atoms with Crippen molar-refractivity contribution in [1.29, 1.82) is 0 Å². The lowest BCUT2D eigenvalue weighted by Crippen LogP contribution is -2.27. The van der Waals surface area contributed by atoms with Crippen LogP contribution in [0, 0.1) is 5.41 Å². The molecule has 1 amide bonds. The van der Waals surface area contributed by atoms with Crippen LogP contribution in [0.15, 0.2) is 30.5 Å². The molecule has 21 heavy (non-hydrogen) atoms. The van der Waals surface area contributed by atoms with Crippen LogP contribution in [-0.4, -0.2) is 36.0 Å². The Kier molecular flexibility index (Phi) is 4.37. The average Bonchev–Trinajstić information content (AvgIpc) is 2.77. The predicted octanol–water partition coefficient (Wildman–Crippen LogP) is 3.19. The Morgan fingerprint density at radius 1 is 1.24 bits per heavy atom. The molecule has 4 nitrogen and oxygen atoms in total. The van der Waals surface area contributed by atoms with Crippen molar-refractivity contribution in [2.45, 2.75) is 27.3 Å². The molecule has 0 spiro atoms. The summed E-state index contributed by atoms with van der Waals surface area (Å²) >= 11 is 0. The summed E-state index contributed by atoms with van der Waals surface area (Å²) in [6, 6.07) is 8.17. The molecule has 2 aromatic rings. The molecule has 1 heterocycles. The highest BCUT2D eigenvalue weighted by Crippen LogP contribution is 2.23. The number of hydrogen-bond donors (Lipinski definition) is 1. The lowest BCUT2D eigenvalue weighted by atomic mass is 9.95. The molecule has 1 aromatic heterocycles. The van der Waals surface area contributed by atoms with Crippen LogP contribution < -0.4 is 5.32 Å². The van der Waals surface area contributed by atoms with E-state index in [2.05, 4.69) is 47.2 Å². The quantitative estimate of drug-likeness (QED) is 0.937. The molecule has 114 valence electrons. The number of fused-ring (bicyclic) bond motifs is 1. The van der Waals surface area contributed by atoms with Gasteiger partial charge in [-0.2, -0.15) is 0 Å². The fourth-order valence-electron chi connectivity index (χ4n) is 2.10. The third kappa shape index (κ3) is 3.85. The Labute approximate surface area is 126 Å². The van der Waals surface area contributed by atoms with Gasteiger partial charge in [0, 0.05) is 41.3 Å². The lowest BCUT2D eigenvalue weighted by Gasteiger charge is -2.17. The van der Waals surface area contributed by atoms with Gasteiger partial charge in [0.2, 0.25) is 5.91 Å². The Bertz CT molecular complexity index is 635. The van der Waals surface area contributed by atoms with Crippen molar-refractivity contribution in [1.82, 2.24) is 9.47 Å². The van der Waals surface area contributed by atoms with Gasteiger partial charge >= 0.3 is 0 Å². The highest BCUT2D eigenvalue weighted by molar-refractivity contribution is 5.96. The Hall–Kier alpha value is -1.81. The zero-order valence-electron chi connectivity index (χ0n) is 13.6. The van der Waals surface area contributed by atoms with Gasteiger partial charge in [-0.15, -0.1) is 0 Å². The van der Waals surface area contributed by atoms with E-state index in [0.29, 0.717) is 0 Å². The number of amides is 1. The van der Waals surface area contributed by atoms with Crippen molar-refractivity contribution in [3.8, 4) is 0 Å². The van der Waals surface area contributed by atoms with Gasteiger partial charge in [0.15, 0.2) is 0 Å². The van der Waals surface area contributed by atoms with Crippen LogP contribution in [0.1, 0.15) is 20.8 Å². The molecule has 4 heteroatoms. The zero-order chi connectivity index (χ0) is 15.6. The molecule has 0 atom stereocenters. The second-order valence-electron chi connectivity index (χ2n) is 6.79. The van der Waals surface area contributed by atoms with Gasteiger partial charge in [0.1, 0.15) is 0 Å². The summed E-state index contributed by atoms with van der Waals surface area (Å²) in [6.07, 6.45) is 2.10. The molecule has 2 rings (SSSR count). The standard InChI is InChI=1S/C17H25N3O/c1-17(2,3)16(21)18-14-6-7-15-13(12-14)8-9-20(15)11-10-19(4)5/h6-9,12H,10-11H2,1-5H3,(H,18,21). The summed E-state index contributed by atoms with van der Waals surface area (Å²) < 4.78 is 2.24. The van der Waals surface area contributed by atoms with E-state index in [4.69, 9.17) is 0 Å². The highest BCUT2D eigenvalue weighted by Gasteiger charge is 2.21. The second kappa shape index (κ2) is 5.90. The molecule has 0 saturated heterocycles. The highest BCUT2D eigenvalue weighted by atomic mass is 16.2. The van der Waals surface area contributed by atoms with Gasteiger partial charge in [-0.25, -0.2) is 0 Å². The Morgan fingerprint density at radius 2 is 1.95 bits per heavy atom. The van der Waals surface area contributed by atoms with E-state index in [9.17, 15) is 4.79 Å². The third-order valence-electron chi connectivity index (χ3n) is 3.50. The van der Waals surface area contributed by atoms with Gasteiger partial charge in [-0.3, -0.25) is 4.79 Å². The number of benzene rings is 1. The van der Waals surface area contributed by atoms with Crippen molar-refractivity contribution in [3.63, 3.8) is 0 Å². The predicted molar refractivity (Wildman–Crippen MR) is 88.6 cm³/mol. The van der Waals surface area contributed by atoms with Crippen molar-refractivity contribution in [2.75, 3.05) is 26.0 Å². The van der Waals surface area contributed by atoms with Gasteiger partial charge in [0.25, 0.3) is 0 Å². The number of nitrogens with zero attached hydrogens (tertiary/aromatic N) is 2. The van der Waals surface area contributed by atoms with E-state index in [1.807, 2.05) is 32.9 Å². The van der Waals surface area contributed by atoms with Gasteiger partial charge < -0.3 is 14.8 Å². The van der Waals surface area contributed by atoms with Crippen LogP contribution in [0.5, 0.6) is 0 Å². The first-order valence-corrected chi connectivity index (χ1v) is 7.32. The normalized spacial score (nSPS) is 12.1. The molecule has 0 unspecified atom stereocenters. The minimum absolute atomic E-state index is 0.0360. The van der Waals surface area contributed by atoms with E-state index in [1.165, 1.54) is 5.52 Å². The van der Waals surface area contributed by atoms with Gasteiger partial charge in [0.05, 0.1) is 0 Å². The summed E-state index contributed by atoms with van der Waals surface area (Å²) in [4.78, 5) is 14.2. The van der Waals surface area contributed by atoms with E-state index >= 15 is 0 Å². The second-order valence-corrected chi connectivity index (χ2v) is 6.79. The van der Waals surface area contributed by atoms with Crippen LogP contribution in [0.3, 0.4) is 0 Å². The molecule has 1 N–H and O–H groups in total. The molecule has 0 aliphatic heterocycles. The smallest absolute Gasteiger partial charge is 0.229 e. The molecule has 0 aliphatic rings. The number of hydrogen-bond acceptors (Lipinski definition) is 2. The first-order chi connectivity index (χ1) is 9.77. The maximum Gasteiger partial charge on any atom is 0.229 e. The fourth-order valence-corrected chi connectivity index (χ4v) is 2.10. The maximum atomic E-state index is 12.0. The van der Waals surface area contributed by atoms with Crippen molar-refractivity contribution >= 4 is 22.5 Å². The summed E-state index contributed by atoms with van der Waals surface area (Å²) in [5, 5.41) is 4.13. The van der Waals surface area contributed by atoms with Crippen LogP contribution in [0.25, 0.3) is 10.9 Å². The van der Waals surface area contributed by atoms with E-state index in [-0.39, 0.29) is 11.3 Å². The van der Waals surface area contributed by atoms with Crippen LogP contribution in [-0.2, 0) is 11.3 Å². The van der Waals surface area contributed by atoms with Crippen molar-refractivity contribution < 1.29 is 4.79 Å². The van der Waals surface area contributed by atoms with E-state index in [0.717, 1.165) is 24.2 Å². The minimum Gasteiger partial charge on any atom is -0.346 e. The first kappa shape index (κ1) is 15.6. The fraction of sp³-hybridized carbons (Fsp3) is 0.471. The summed E-state index contributed by atoms with van der Waals surface area (Å²) in [5.74, 6) is 0.0360. The number of aromatic nitrogens is 1. The molecule has 0 radical (unpaired) electrons. The number of carbonyl (C=O) groups is 1. The molecular weight excluding hydrogens is 262 g/mol. The Balaban J connectivity index is 2.18. The molecular formula is C17H25N3O. The van der Waals surface area contributed by atoms with Crippen LogP contribution >= 0.6 is 0 Å². The largest absolute Gasteiger partial charge is 0.346 e. The number of anilines is 1. The number of likely N-dealkylation sites (N-methyl/N-ethyl adjacent to an activating group) is 1. The van der Waals surface area contributed by atoms with Gasteiger partial charge in [-0.1, -0.05) is 20.8 Å². The molecule has 0 aliphatic carbocycles. The number of nitrogens with one attached hydrogen (secondary N) is 1. The Morgan fingerprint density at radius 3 is 2.57 bits per heavy atom. The van der Waals surface area contributed by atoms with E-state index < -0.39 is 0 Å². The first-order valence-electron chi connectivity index (χ1n) is 7.32. The number of rotatable bonds is 4. The monoisotopic (exact) mass is 287 g/mol. The summed E-state index contributed by atoms with van der Waals surface area (Å²) in [7, 11) is 4.15. The molecule has 1 aromatic carbocycles. The van der Waals surface area contributed by atoms with Gasteiger partial charge in [-0.05, 0) is 38.4 Å². The van der Waals surface area contributed by atoms with Crippen molar-refractivity contribution in [3.05, 3.63) is 30.5 Å². The SMILES string of the molecule is CN(C)CCn1ccc2cc(NC(=O)C(C)(C)C)ccc21. The molecule has 0 saturated carbocycles. The number of carbonyl (C=O) groups excluding carboxylic acids is 1. The van der Waals surface area contributed by atoms with Crippen molar-refractivity contribution in [2.24, 2.45) is 5.41 Å². The average molecular weight is 287 g/mol. The zero-order valence-corrected chi connectivity index (χ0v) is 13.6. The maximum absolute atomic E-state index is 12.0. The third-order valence-corrected chi connectivity index (χ3v) is 3.50. The lowest BCUT2D eigenvalue weighted by molar-refractivity contribution is -0.123. The summed E-state index contributed by atoms with van der Waals surface area (Å²) in [5.41, 5.74) is 1.67. The topological polar surface area (TPSA) is 37.3 Å². The molecule has 0 fully saturated rings. The minimum atomic E-state index is -0.382. The molecule has 0 bridgehead atoms. The van der Waals surface area contributed by atoms with Crippen LogP contribution in [0.2, 0.25) is 0 Å². The van der Waals surface area contributed by atoms with Crippen LogP contribution in [0.4, 0.5) is 5.69 Å².